The van der Waals surface area contributed by atoms with E-state index in [0.29, 0.717) is 17.3 Å². The zero-order valence-electron chi connectivity index (χ0n) is 9.13. The topological polar surface area (TPSA) is 42.1 Å². The molecule has 0 fully saturated rings. The number of aromatic amines is 1. The highest BCUT2D eigenvalue weighted by atomic mass is 35.5. The first kappa shape index (κ1) is 11.0. The van der Waals surface area contributed by atoms with Crippen LogP contribution in [0.15, 0.2) is 18.2 Å². The van der Waals surface area contributed by atoms with Crippen molar-refractivity contribution < 1.29 is 9.53 Å². The van der Waals surface area contributed by atoms with Gasteiger partial charge in [0.1, 0.15) is 5.69 Å². The van der Waals surface area contributed by atoms with Gasteiger partial charge in [-0.05, 0) is 31.5 Å². The Morgan fingerprint density at radius 1 is 1.50 bits per heavy atom. The molecule has 2 rings (SSSR count). The van der Waals surface area contributed by atoms with Crippen molar-refractivity contribution in [2.24, 2.45) is 0 Å². The minimum absolute atomic E-state index is 0.327. The quantitative estimate of drug-likeness (QED) is 0.815. The number of ether oxygens (including phenoxy) is 1. The predicted octanol–water partition coefficient (Wildman–Crippen LogP) is 3.31. The minimum Gasteiger partial charge on any atom is -0.461 e. The SMILES string of the molecule is CCOC(=O)c1[nH]c2cc(Cl)ccc2c1C. The molecular weight excluding hydrogens is 226 g/mol. The molecule has 0 atom stereocenters. The lowest BCUT2D eigenvalue weighted by molar-refractivity contribution is 0.0520. The molecule has 0 spiro atoms. The summed E-state index contributed by atoms with van der Waals surface area (Å²) < 4.78 is 4.97. The fraction of sp³-hybridized carbons (Fsp3) is 0.250. The van der Waals surface area contributed by atoms with Crippen LogP contribution in [0.4, 0.5) is 0 Å². The molecule has 0 saturated carbocycles. The van der Waals surface area contributed by atoms with Crippen LogP contribution in [0.25, 0.3) is 10.9 Å². The monoisotopic (exact) mass is 237 g/mol. The maximum absolute atomic E-state index is 11.6. The van der Waals surface area contributed by atoms with E-state index in [9.17, 15) is 4.79 Å². The second-order valence-electron chi connectivity index (χ2n) is 3.54. The van der Waals surface area contributed by atoms with Crippen molar-refractivity contribution in [2.75, 3.05) is 6.61 Å². The third-order valence-electron chi connectivity index (χ3n) is 2.50. The summed E-state index contributed by atoms with van der Waals surface area (Å²) in [6.07, 6.45) is 0. The van der Waals surface area contributed by atoms with Gasteiger partial charge >= 0.3 is 5.97 Å². The molecule has 0 bridgehead atoms. The van der Waals surface area contributed by atoms with Crippen LogP contribution in [0.1, 0.15) is 23.0 Å². The number of rotatable bonds is 2. The van der Waals surface area contributed by atoms with E-state index in [0.717, 1.165) is 16.5 Å². The van der Waals surface area contributed by atoms with Crippen LogP contribution in [0, 0.1) is 6.92 Å². The number of fused-ring (bicyclic) bond motifs is 1. The number of hydrogen-bond acceptors (Lipinski definition) is 2. The summed E-state index contributed by atoms with van der Waals surface area (Å²) in [4.78, 5) is 14.7. The second kappa shape index (κ2) is 4.18. The smallest absolute Gasteiger partial charge is 0.355 e. The maximum Gasteiger partial charge on any atom is 0.355 e. The standard InChI is InChI=1S/C12H12ClNO2/c1-3-16-12(15)11-7(2)9-5-4-8(13)6-10(9)14-11/h4-6,14H,3H2,1-2H3. The van der Waals surface area contributed by atoms with E-state index in [1.807, 2.05) is 13.0 Å². The number of H-pyrrole nitrogens is 1. The van der Waals surface area contributed by atoms with Crippen LogP contribution < -0.4 is 0 Å². The van der Waals surface area contributed by atoms with Gasteiger partial charge < -0.3 is 9.72 Å². The molecule has 3 nitrogen and oxygen atoms in total. The lowest BCUT2D eigenvalue weighted by atomic mass is 10.1. The van der Waals surface area contributed by atoms with Gasteiger partial charge in [-0.25, -0.2) is 4.79 Å². The lowest BCUT2D eigenvalue weighted by Gasteiger charge is -1.99. The van der Waals surface area contributed by atoms with Gasteiger partial charge in [0.2, 0.25) is 0 Å². The average molecular weight is 238 g/mol. The van der Waals surface area contributed by atoms with Gasteiger partial charge in [-0.3, -0.25) is 0 Å². The highest BCUT2D eigenvalue weighted by Crippen LogP contribution is 2.24. The maximum atomic E-state index is 11.6. The number of benzene rings is 1. The third kappa shape index (κ3) is 1.78. The van der Waals surface area contributed by atoms with E-state index in [1.165, 1.54) is 0 Å². The summed E-state index contributed by atoms with van der Waals surface area (Å²) in [5.74, 6) is -0.327. The van der Waals surface area contributed by atoms with E-state index in [4.69, 9.17) is 16.3 Å². The van der Waals surface area contributed by atoms with Crippen molar-refractivity contribution in [3.05, 3.63) is 34.5 Å². The molecule has 0 radical (unpaired) electrons. The van der Waals surface area contributed by atoms with Crippen molar-refractivity contribution in [1.82, 2.24) is 4.98 Å². The van der Waals surface area contributed by atoms with Crippen LogP contribution >= 0.6 is 11.6 Å². The fourth-order valence-electron chi connectivity index (χ4n) is 1.72. The van der Waals surface area contributed by atoms with Crippen LogP contribution in [-0.4, -0.2) is 17.6 Å². The molecule has 0 aliphatic heterocycles. The molecular formula is C12H12ClNO2. The Labute approximate surface area is 98.4 Å². The van der Waals surface area contributed by atoms with E-state index >= 15 is 0 Å². The summed E-state index contributed by atoms with van der Waals surface area (Å²) in [7, 11) is 0. The molecule has 0 aliphatic carbocycles. The molecule has 0 amide bonds. The second-order valence-corrected chi connectivity index (χ2v) is 3.97. The molecule has 16 heavy (non-hydrogen) atoms. The Morgan fingerprint density at radius 2 is 2.25 bits per heavy atom. The number of nitrogens with one attached hydrogen (secondary N) is 1. The van der Waals surface area contributed by atoms with Crippen molar-refractivity contribution in [3.8, 4) is 0 Å². The highest BCUT2D eigenvalue weighted by Gasteiger charge is 2.15. The van der Waals surface area contributed by atoms with Crippen LogP contribution in [0.5, 0.6) is 0 Å². The normalized spacial score (nSPS) is 10.7. The number of hydrogen-bond donors (Lipinski definition) is 1. The van der Waals surface area contributed by atoms with Crippen LogP contribution in [-0.2, 0) is 4.74 Å². The number of esters is 1. The molecule has 4 heteroatoms. The molecule has 0 unspecified atom stereocenters. The Balaban J connectivity index is 2.55. The largest absolute Gasteiger partial charge is 0.461 e. The Morgan fingerprint density at radius 3 is 2.94 bits per heavy atom. The molecule has 1 aromatic heterocycles. The Hall–Kier alpha value is -1.48. The van der Waals surface area contributed by atoms with Gasteiger partial charge in [-0.15, -0.1) is 0 Å². The summed E-state index contributed by atoms with van der Waals surface area (Å²) in [5.41, 5.74) is 2.25. The van der Waals surface area contributed by atoms with Crippen molar-refractivity contribution >= 4 is 28.5 Å². The van der Waals surface area contributed by atoms with Gasteiger partial charge in [-0.2, -0.15) is 0 Å². The zero-order chi connectivity index (χ0) is 11.7. The van der Waals surface area contributed by atoms with Gasteiger partial charge in [-0.1, -0.05) is 17.7 Å². The summed E-state index contributed by atoms with van der Waals surface area (Å²) in [6, 6.07) is 5.50. The average Bonchev–Trinajstić information content (AvgIpc) is 2.56. The van der Waals surface area contributed by atoms with E-state index in [1.54, 1.807) is 19.1 Å². The number of aromatic nitrogens is 1. The highest BCUT2D eigenvalue weighted by molar-refractivity contribution is 6.31. The first-order valence-electron chi connectivity index (χ1n) is 5.08. The van der Waals surface area contributed by atoms with E-state index < -0.39 is 0 Å². The Bertz CT molecular complexity index is 545. The molecule has 1 N–H and O–H groups in total. The van der Waals surface area contributed by atoms with Crippen molar-refractivity contribution in [2.45, 2.75) is 13.8 Å². The number of carbonyl (C=O) groups is 1. The van der Waals surface area contributed by atoms with Gasteiger partial charge in [0.05, 0.1) is 6.61 Å². The van der Waals surface area contributed by atoms with Crippen LogP contribution in [0.2, 0.25) is 5.02 Å². The predicted molar refractivity (Wildman–Crippen MR) is 64.0 cm³/mol. The number of carbonyl (C=O) groups excluding carboxylic acids is 1. The fourth-order valence-corrected chi connectivity index (χ4v) is 1.89. The molecule has 0 saturated heterocycles. The first-order valence-corrected chi connectivity index (χ1v) is 5.46. The van der Waals surface area contributed by atoms with Crippen LogP contribution in [0.3, 0.4) is 0 Å². The number of halogens is 1. The Kier molecular flexibility index (Phi) is 2.88. The van der Waals surface area contributed by atoms with Gasteiger partial charge in [0, 0.05) is 15.9 Å². The molecule has 1 aromatic carbocycles. The first-order chi connectivity index (χ1) is 7.63. The van der Waals surface area contributed by atoms with Gasteiger partial charge in [0.15, 0.2) is 0 Å². The lowest BCUT2D eigenvalue weighted by Crippen LogP contribution is -2.06. The minimum atomic E-state index is -0.327. The molecule has 84 valence electrons. The van der Waals surface area contributed by atoms with Crippen molar-refractivity contribution in [3.63, 3.8) is 0 Å². The molecule has 0 aliphatic rings. The summed E-state index contributed by atoms with van der Waals surface area (Å²) >= 11 is 5.88. The third-order valence-corrected chi connectivity index (χ3v) is 2.73. The summed E-state index contributed by atoms with van der Waals surface area (Å²) in [5, 5.41) is 1.64. The van der Waals surface area contributed by atoms with E-state index in [-0.39, 0.29) is 5.97 Å². The molecule has 2 aromatic rings. The van der Waals surface area contributed by atoms with Gasteiger partial charge in [0.25, 0.3) is 0 Å². The number of aryl methyl sites for hydroxylation is 1. The molecule has 1 heterocycles. The zero-order valence-corrected chi connectivity index (χ0v) is 9.89. The van der Waals surface area contributed by atoms with E-state index in [2.05, 4.69) is 4.98 Å². The summed E-state index contributed by atoms with van der Waals surface area (Å²) in [6.45, 7) is 4.04. The van der Waals surface area contributed by atoms with Crippen molar-refractivity contribution in [1.29, 1.82) is 0 Å².